The van der Waals surface area contributed by atoms with Gasteiger partial charge in [0.25, 0.3) is 0 Å². The number of likely N-dealkylation sites (N-methyl/N-ethyl adjacent to an activating group) is 2. The maximum atomic E-state index is 4.12. The number of nitrogens with one attached hydrogen (secondary N) is 2. The molecule has 2 aliphatic rings. The van der Waals surface area contributed by atoms with Gasteiger partial charge in [0.15, 0.2) is 0 Å². The van der Waals surface area contributed by atoms with Gasteiger partial charge in [-0.15, -0.1) is 0 Å². The van der Waals surface area contributed by atoms with E-state index in [1.165, 1.54) is 38.5 Å². The molecule has 2 rings (SSSR count). The average molecular weight is 423 g/mol. The van der Waals surface area contributed by atoms with Gasteiger partial charge in [-0.25, -0.2) is 0 Å². The largest absolute Gasteiger partial charge is 0.297 e. The fraction of sp³-hybridized carbons (Fsp3) is 1.00. The van der Waals surface area contributed by atoms with Crippen LogP contribution < -0.4 is 10.6 Å². The Morgan fingerprint density at radius 1 is 0.700 bits per heavy atom. The molecule has 0 aromatic heterocycles. The maximum Gasteiger partial charge on any atom is 0.0577 e. The number of nitrogens with zero attached hydrogens (tertiary/aromatic N) is 2. The third-order valence-corrected chi connectivity index (χ3v) is 8.66. The van der Waals surface area contributed by atoms with Gasteiger partial charge in [-0.3, -0.25) is 20.4 Å². The molecule has 0 saturated carbocycles. The monoisotopic (exact) mass is 422 g/mol. The van der Waals surface area contributed by atoms with Crippen LogP contribution in [0.2, 0.25) is 0 Å². The second-order valence-electron chi connectivity index (χ2n) is 12.3. The van der Waals surface area contributed by atoms with Gasteiger partial charge in [-0.1, -0.05) is 27.2 Å². The summed E-state index contributed by atoms with van der Waals surface area (Å²) >= 11 is 0. The molecule has 178 valence electrons. The number of hydrogen-bond donors (Lipinski definition) is 2. The van der Waals surface area contributed by atoms with Crippen molar-refractivity contribution in [3.8, 4) is 0 Å². The molecule has 2 aliphatic heterocycles. The van der Waals surface area contributed by atoms with E-state index in [0.717, 1.165) is 13.1 Å². The first-order valence-electron chi connectivity index (χ1n) is 12.8. The van der Waals surface area contributed by atoms with Crippen LogP contribution in [0.25, 0.3) is 0 Å². The van der Waals surface area contributed by atoms with Crippen LogP contribution in [0.1, 0.15) is 115 Å². The first-order valence-corrected chi connectivity index (χ1v) is 12.8. The predicted molar refractivity (Wildman–Crippen MR) is 132 cm³/mol. The Morgan fingerprint density at radius 2 is 1.07 bits per heavy atom. The second kappa shape index (κ2) is 9.37. The molecule has 2 saturated heterocycles. The van der Waals surface area contributed by atoms with Crippen molar-refractivity contribution in [1.82, 2.24) is 20.4 Å². The van der Waals surface area contributed by atoms with E-state index >= 15 is 0 Å². The second-order valence-corrected chi connectivity index (χ2v) is 12.3. The zero-order chi connectivity index (χ0) is 23.0. The topological polar surface area (TPSA) is 30.5 Å². The van der Waals surface area contributed by atoms with Crippen LogP contribution in [0.15, 0.2) is 0 Å². The van der Waals surface area contributed by atoms with E-state index in [-0.39, 0.29) is 22.2 Å². The van der Waals surface area contributed by atoms with Gasteiger partial charge in [0, 0.05) is 34.2 Å². The molecular formula is C26H54N4. The first kappa shape index (κ1) is 26.1. The van der Waals surface area contributed by atoms with E-state index in [2.05, 4.69) is 96.6 Å². The molecule has 0 aliphatic carbocycles. The number of likely N-dealkylation sites (tertiary alicyclic amines) is 2. The van der Waals surface area contributed by atoms with Crippen LogP contribution in [-0.4, -0.2) is 63.3 Å². The van der Waals surface area contributed by atoms with Crippen molar-refractivity contribution in [2.75, 3.05) is 13.1 Å². The molecule has 0 radical (unpaired) electrons. The van der Waals surface area contributed by atoms with Crippen molar-refractivity contribution in [2.45, 2.75) is 155 Å². The highest BCUT2D eigenvalue weighted by atomic mass is 15.3. The van der Waals surface area contributed by atoms with E-state index in [1.54, 1.807) is 0 Å². The lowest BCUT2D eigenvalue weighted by molar-refractivity contribution is -0.0592. The molecule has 2 unspecified atom stereocenters. The molecule has 0 bridgehead atoms. The van der Waals surface area contributed by atoms with E-state index in [9.17, 15) is 0 Å². The highest BCUT2D eigenvalue weighted by Gasteiger charge is 2.48. The molecule has 2 N–H and O–H groups in total. The number of hydrogen-bond acceptors (Lipinski definition) is 4. The lowest BCUT2D eigenvalue weighted by Crippen LogP contribution is -2.72. The summed E-state index contributed by atoms with van der Waals surface area (Å²) < 4.78 is 0. The Morgan fingerprint density at radius 3 is 1.37 bits per heavy atom. The van der Waals surface area contributed by atoms with Gasteiger partial charge in [0.2, 0.25) is 0 Å². The van der Waals surface area contributed by atoms with Gasteiger partial charge in [-0.2, -0.15) is 0 Å². The summed E-state index contributed by atoms with van der Waals surface area (Å²) in [6.07, 6.45) is 7.78. The van der Waals surface area contributed by atoms with Crippen LogP contribution in [0.5, 0.6) is 0 Å². The third kappa shape index (κ3) is 5.08. The normalized spacial score (nSPS) is 32.1. The van der Waals surface area contributed by atoms with Gasteiger partial charge >= 0.3 is 0 Å². The molecule has 2 fully saturated rings. The predicted octanol–water partition coefficient (Wildman–Crippen LogP) is 5.37. The summed E-state index contributed by atoms with van der Waals surface area (Å²) in [7, 11) is 0. The molecule has 0 aromatic carbocycles. The summed E-state index contributed by atoms with van der Waals surface area (Å²) in [6.45, 7) is 28.6. The summed E-state index contributed by atoms with van der Waals surface area (Å²) in [6, 6.07) is 1.03. The molecule has 4 heteroatoms. The van der Waals surface area contributed by atoms with Crippen LogP contribution in [0, 0.1) is 0 Å². The van der Waals surface area contributed by atoms with Crippen molar-refractivity contribution < 1.29 is 0 Å². The zero-order valence-corrected chi connectivity index (χ0v) is 22.3. The Bertz CT molecular complexity index is 505. The first-order chi connectivity index (χ1) is 13.7. The number of piperidine rings is 2. The summed E-state index contributed by atoms with van der Waals surface area (Å²) in [5.41, 5.74) is 0.874. The van der Waals surface area contributed by atoms with Crippen LogP contribution in [0.3, 0.4) is 0 Å². The summed E-state index contributed by atoms with van der Waals surface area (Å²) in [5, 5.41) is 8.23. The molecular weight excluding hydrogens is 368 g/mol. The van der Waals surface area contributed by atoms with Crippen LogP contribution in [0.4, 0.5) is 0 Å². The minimum Gasteiger partial charge on any atom is -0.297 e. The van der Waals surface area contributed by atoms with E-state index in [0.29, 0.717) is 18.2 Å². The van der Waals surface area contributed by atoms with E-state index in [1.807, 2.05) is 0 Å². The Hall–Kier alpha value is -0.160. The highest BCUT2D eigenvalue weighted by molar-refractivity contribution is 5.07. The molecule has 0 aromatic rings. The third-order valence-electron chi connectivity index (χ3n) is 8.66. The van der Waals surface area contributed by atoms with Crippen molar-refractivity contribution in [3.05, 3.63) is 0 Å². The lowest BCUT2D eigenvalue weighted by Gasteiger charge is -2.58. The quantitative estimate of drug-likeness (QED) is 0.515. The fourth-order valence-corrected chi connectivity index (χ4v) is 7.14. The van der Waals surface area contributed by atoms with Gasteiger partial charge in [0.05, 0.1) is 6.17 Å². The van der Waals surface area contributed by atoms with Gasteiger partial charge in [0.1, 0.15) is 0 Å². The maximum absolute atomic E-state index is 4.12. The van der Waals surface area contributed by atoms with E-state index in [4.69, 9.17) is 0 Å². The molecule has 0 amide bonds. The van der Waals surface area contributed by atoms with Crippen molar-refractivity contribution in [1.29, 1.82) is 0 Å². The summed E-state index contributed by atoms with van der Waals surface area (Å²) in [5.74, 6) is 0. The SMILES string of the molecule is CCCC(NC1CCC(C)(C)N(CC)C1(C)C)NC1CCC(C)(C)N(CC)C1(C)C. The summed E-state index contributed by atoms with van der Waals surface area (Å²) in [4.78, 5) is 5.44. The Kier molecular flexibility index (Phi) is 8.15. The molecule has 2 heterocycles. The molecule has 30 heavy (non-hydrogen) atoms. The smallest absolute Gasteiger partial charge is 0.0577 e. The standard InChI is InChI=1S/C26H54N4/c1-12-15-22(27-20-16-18-23(4,5)29(13-2)25(20,8)9)28-21-17-19-24(6,7)30(14-3)26(21,10)11/h20-22,27-28H,12-19H2,1-11H3. The van der Waals surface area contributed by atoms with Gasteiger partial charge in [-0.05, 0) is 101 Å². The van der Waals surface area contributed by atoms with Crippen molar-refractivity contribution in [3.63, 3.8) is 0 Å². The Balaban J connectivity index is 2.17. The average Bonchev–Trinajstić information content (AvgIpc) is 2.59. The molecule has 2 atom stereocenters. The van der Waals surface area contributed by atoms with Crippen molar-refractivity contribution in [2.24, 2.45) is 0 Å². The minimum atomic E-state index is 0.156. The van der Waals surface area contributed by atoms with Crippen molar-refractivity contribution >= 4 is 0 Å². The van der Waals surface area contributed by atoms with Crippen LogP contribution >= 0.6 is 0 Å². The lowest BCUT2D eigenvalue weighted by atomic mass is 9.75. The highest BCUT2D eigenvalue weighted by Crippen LogP contribution is 2.40. The Labute approximate surface area is 188 Å². The fourth-order valence-electron chi connectivity index (χ4n) is 7.14. The van der Waals surface area contributed by atoms with E-state index < -0.39 is 0 Å². The van der Waals surface area contributed by atoms with Gasteiger partial charge < -0.3 is 0 Å². The zero-order valence-electron chi connectivity index (χ0n) is 22.3. The molecule has 4 nitrogen and oxygen atoms in total. The number of rotatable bonds is 8. The molecule has 0 spiro atoms. The van der Waals surface area contributed by atoms with Crippen LogP contribution in [-0.2, 0) is 0 Å². The minimum absolute atomic E-state index is 0.156.